The van der Waals surface area contributed by atoms with Crippen molar-refractivity contribution in [2.75, 3.05) is 0 Å². The van der Waals surface area contributed by atoms with Gasteiger partial charge in [0.25, 0.3) is 11.1 Å². The number of H-pyrrole nitrogens is 1. The molecule has 5 aromatic rings. The van der Waals surface area contributed by atoms with Crippen LogP contribution in [0, 0.1) is 25.2 Å². The standard InChI is InChI=1S/C24H17N5O3/c1-13-6-5-7-15(10-13)29-24(32)17(22(30)27-29)11-16-14(2)18(12-25)21-26-19-8-3-4-9-20(19)28(21)23(16)31/h3-11,32H,1-2H3,(H,27,30)/b16-11-. The Morgan fingerprint density at radius 3 is 2.66 bits per heavy atom. The summed E-state index contributed by atoms with van der Waals surface area (Å²) in [5.74, 6) is -0.325. The number of aromatic amines is 1. The molecule has 0 aliphatic rings. The van der Waals surface area contributed by atoms with Gasteiger partial charge >= 0.3 is 0 Å². The van der Waals surface area contributed by atoms with E-state index in [1.807, 2.05) is 19.1 Å². The van der Waals surface area contributed by atoms with Crippen LogP contribution in [0.4, 0.5) is 0 Å². The maximum Gasteiger partial charge on any atom is 0.275 e. The lowest BCUT2D eigenvalue weighted by atomic mass is 10.1. The number of hydrogen-bond donors (Lipinski definition) is 2. The van der Waals surface area contributed by atoms with Gasteiger partial charge in [0, 0.05) is 5.22 Å². The van der Waals surface area contributed by atoms with Gasteiger partial charge in [0.1, 0.15) is 11.6 Å². The lowest BCUT2D eigenvalue weighted by Crippen LogP contribution is -2.34. The highest BCUT2D eigenvalue weighted by Gasteiger charge is 2.18. The molecule has 0 unspecified atom stereocenters. The summed E-state index contributed by atoms with van der Waals surface area (Å²) in [5, 5.41) is 23.3. The average molecular weight is 423 g/mol. The number of aromatic hydroxyl groups is 1. The molecule has 2 N–H and O–H groups in total. The number of nitrogens with zero attached hydrogens (tertiary/aromatic N) is 4. The van der Waals surface area contributed by atoms with Gasteiger partial charge in [0.05, 0.1) is 22.3 Å². The Bertz CT molecular complexity index is 1770. The molecule has 0 radical (unpaired) electrons. The summed E-state index contributed by atoms with van der Waals surface area (Å²) in [4.78, 5) is 30.5. The number of nitriles is 1. The van der Waals surface area contributed by atoms with E-state index in [9.17, 15) is 20.0 Å². The molecule has 0 fully saturated rings. The maximum absolute atomic E-state index is 13.4. The Morgan fingerprint density at radius 2 is 1.91 bits per heavy atom. The minimum absolute atomic E-state index is 0.0700. The monoisotopic (exact) mass is 423 g/mol. The fourth-order valence-electron chi connectivity index (χ4n) is 3.95. The largest absolute Gasteiger partial charge is 0.493 e. The zero-order valence-corrected chi connectivity index (χ0v) is 17.2. The van der Waals surface area contributed by atoms with Crippen molar-refractivity contribution in [3.8, 4) is 17.6 Å². The predicted octanol–water partition coefficient (Wildman–Crippen LogP) is 2.07. The third-order valence-corrected chi connectivity index (χ3v) is 5.57. The lowest BCUT2D eigenvalue weighted by Gasteiger charge is -2.05. The first-order chi connectivity index (χ1) is 15.4. The molecule has 0 amide bonds. The number of hydrogen-bond acceptors (Lipinski definition) is 5. The fourth-order valence-corrected chi connectivity index (χ4v) is 3.95. The van der Waals surface area contributed by atoms with Crippen molar-refractivity contribution in [2.45, 2.75) is 13.8 Å². The first kappa shape index (κ1) is 19.3. The van der Waals surface area contributed by atoms with E-state index in [4.69, 9.17) is 0 Å². The molecule has 3 aromatic heterocycles. The zero-order valence-electron chi connectivity index (χ0n) is 17.2. The van der Waals surface area contributed by atoms with Crippen molar-refractivity contribution in [2.24, 2.45) is 0 Å². The first-order valence-corrected chi connectivity index (χ1v) is 9.87. The number of rotatable bonds is 2. The summed E-state index contributed by atoms with van der Waals surface area (Å²) in [6.07, 6.45) is 1.33. The van der Waals surface area contributed by atoms with Gasteiger partial charge in [0.15, 0.2) is 5.65 Å². The number of benzene rings is 2. The van der Waals surface area contributed by atoms with Crippen LogP contribution in [0.25, 0.3) is 28.4 Å². The number of nitrogens with one attached hydrogen (secondary N) is 1. The summed E-state index contributed by atoms with van der Waals surface area (Å²) in [7, 11) is 0. The molecule has 5 rings (SSSR count). The SMILES string of the molecule is Cc1cccc(-n2[nH]c(=O)c(/C=c3/c(C)c(C#N)c4nc5ccccc5n4c3=O)c2O)c1. The summed E-state index contributed by atoms with van der Waals surface area (Å²) < 4.78 is 2.63. The molecular weight excluding hydrogens is 406 g/mol. The second-order valence-electron chi connectivity index (χ2n) is 7.59. The topological polar surface area (TPSA) is 116 Å². The Hall–Kier alpha value is -4.64. The van der Waals surface area contributed by atoms with Gasteiger partial charge in [-0.05, 0) is 55.3 Å². The highest BCUT2D eigenvalue weighted by atomic mass is 16.3. The van der Waals surface area contributed by atoms with Gasteiger partial charge in [-0.3, -0.25) is 19.1 Å². The zero-order chi connectivity index (χ0) is 22.6. The third-order valence-electron chi connectivity index (χ3n) is 5.57. The van der Waals surface area contributed by atoms with E-state index in [0.717, 1.165) is 5.56 Å². The second kappa shape index (κ2) is 6.96. The molecule has 0 aliphatic carbocycles. The highest BCUT2D eigenvalue weighted by Crippen LogP contribution is 2.21. The molecule has 3 heterocycles. The van der Waals surface area contributed by atoms with Crippen LogP contribution in [0.2, 0.25) is 0 Å². The molecule has 32 heavy (non-hydrogen) atoms. The Balaban J connectivity index is 1.86. The van der Waals surface area contributed by atoms with E-state index in [2.05, 4.69) is 16.2 Å². The maximum atomic E-state index is 13.4. The molecule has 2 aromatic carbocycles. The van der Waals surface area contributed by atoms with Crippen molar-refractivity contribution >= 4 is 22.8 Å². The average Bonchev–Trinajstić information content (AvgIpc) is 3.29. The molecule has 0 bridgehead atoms. The Kier molecular flexibility index (Phi) is 4.20. The van der Waals surface area contributed by atoms with Crippen molar-refractivity contribution in [1.29, 1.82) is 5.26 Å². The quantitative estimate of drug-likeness (QED) is 0.451. The lowest BCUT2D eigenvalue weighted by molar-refractivity contribution is 0.432. The number of pyridine rings is 1. The van der Waals surface area contributed by atoms with Crippen LogP contribution in [0.15, 0.2) is 58.1 Å². The Morgan fingerprint density at radius 1 is 1.12 bits per heavy atom. The Labute approximate surface area is 180 Å². The minimum atomic E-state index is -0.558. The van der Waals surface area contributed by atoms with Crippen LogP contribution < -0.4 is 16.3 Å². The molecule has 8 nitrogen and oxygen atoms in total. The normalized spacial score (nSPS) is 12.0. The molecular formula is C24H17N5O3. The van der Waals surface area contributed by atoms with Gasteiger partial charge < -0.3 is 5.11 Å². The van der Waals surface area contributed by atoms with Gasteiger partial charge in [-0.1, -0.05) is 24.3 Å². The first-order valence-electron chi connectivity index (χ1n) is 9.87. The number of imidazole rings is 1. The number of fused-ring (bicyclic) bond motifs is 3. The number of para-hydroxylation sites is 2. The van der Waals surface area contributed by atoms with Crippen LogP contribution in [0.1, 0.15) is 22.3 Å². The fraction of sp³-hybridized carbons (Fsp3) is 0.0833. The second-order valence-corrected chi connectivity index (χ2v) is 7.59. The van der Waals surface area contributed by atoms with Crippen LogP contribution in [0.3, 0.4) is 0 Å². The van der Waals surface area contributed by atoms with E-state index < -0.39 is 11.1 Å². The van der Waals surface area contributed by atoms with Crippen molar-refractivity contribution in [3.63, 3.8) is 0 Å². The number of aryl methyl sites for hydroxylation is 1. The van der Waals surface area contributed by atoms with Gasteiger partial charge in [0.2, 0.25) is 5.88 Å². The molecule has 156 valence electrons. The van der Waals surface area contributed by atoms with Crippen LogP contribution in [0.5, 0.6) is 5.88 Å². The minimum Gasteiger partial charge on any atom is -0.493 e. The van der Waals surface area contributed by atoms with Crippen LogP contribution in [-0.2, 0) is 0 Å². The van der Waals surface area contributed by atoms with Gasteiger partial charge in [-0.25, -0.2) is 9.67 Å². The summed E-state index contributed by atoms with van der Waals surface area (Å²) in [5.41, 5.74) is 2.52. The van der Waals surface area contributed by atoms with E-state index in [1.165, 1.54) is 15.2 Å². The number of aromatic nitrogens is 4. The van der Waals surface area contributed by atoms with Crippen molar-refractivity contribution in [3.05, 3.63) is 96.7 Å². The van der Waals surface area contributed by atoms with Gasteiger partial charge in [-0.15, -0.1) is 0 Å². The smallest absolute Gasteiger partial charge is 0.275 e. The predicted molar refractivity (Wildman–Crippen MR) is 120 cm³/mol. The van der Waals surface area contributed by atoms with E-state index in [-0.39, 0.29) is 27.9 Å². The summed E-state index contributed by atoms with van der Waals surface area (Å²) >= 11 is 0. The van der Waals surface area contributed by atoms with E-state index in [0.29, 0.717) is 22.3 Å². The van der Waals surface area contributed by atoms with E-state index >= 15 is 0 Å². The molecule has 0 aliphatic heterocycles. The summed E-state index contributed by atoms with van der Waals surface area (Å²) in [6.45, 7) is 3.53. The van der Waals surface area contributed by atoms with E-state index in [1.54, 1.807) is 43.3 Å². The molecule has 0 spiro atoms. The van der Waals surface area contributed by atoms with Crippen LogP contribution >= 0.6 is 0 Å². The third kappa shape index (κ3) is 2.72. The molecule has 8 heteroatoms. The molecule has 0 saturated heterocycles. The summed E-state index contributed by atoms with van der Waals surface area (Å²) in [6, 6.07) is 16.5. The van der Waals surface area contributed by atoms with Crippen molar-refractivity contribution in [1.82, 2.24) is 19.2 Å². The van der Waals surface area contributed by atoms with Crippen molar-refractivity contribution < 1.29 is 5.11 Å². The molecule has 0 atom stereocenters. The van der Waals surface area contributed by atoms with Gasteiger partial charge in [-0.2, -0.15) is 5.26 Å². The molecule has 0 saturated carbocycles. The highest BCUT2D eigenvalue weighted by molar-refractivity contribution is 5.82. The van der Waals surface area contributed by atoms with Crippen LogP contribution in [-0.4, -0.2) is 24.3 Å².